The summed E-state index contributed by atoms with van der Waals surface area (Å²) in [6, 6.07) is 15.2. The molecule has 3 aromatic rings. The molecule has 0 fully saturated rings. The predicted molar refractivity (Wildman–Crippen MR) is 83.7 cm³/mol. The summed E-state index contributed by atoms with van der Waals surface area (Å²) in [6.45, 7) is 2.29. The lowest BCUT2D eigenvalue weighted by atomic mass is 9.99. The number of phenols is 1. The monoisotopic (exact) mass is 280 g/mol. The van der Waals surface area contributed by atoms with Crippen molar-refractivity contribution in [3.63, 3.8) is 0 Å². The SMILES string of the molecule is CCCOC(=O)c1ccc2c(ccc3ccccc32)c1O. The Balaban J connectivity index is 2.17. The number of esters is 1. The number of fused-ring (bicyclic) bond motifs is 3. The van der Waals surface area contributed by atoms with Crippen molar-refractivity contribution in [3.8, 4) is 5.75 Å². The normalized spacial score (nSPS) is 10.9. The number of hydrogen-bond acceptors (Lipinski definition) is 3. The zero-order valence-electron chi connectivity index (χ0n) is 11.8. The molecule has 0 radical (unpaired) electrons. The van der Waals surface area contributed by atoms with Gasteiger partial charge in [-0.1, -0.05) is 43.3 Å². The smallest absolute Gasteiger partial charge is 0.341 e. The topological polar surface area (TPSA) is 46.5 Å². The van der Waals surface area contributed by atoms with Crippen LogP contribution in [0.1, 0.15) is 23.7 Å². The molecule has 21 heavy (non-hydrogen) atoms. The molecule has 0 unspecified atom stereocenters. The van der Waals surface area contributed by atoms with E-state index in [1.807, 2.05) is 49.4 Å². The zero-order chi connectivity index (χ0) is 14.8. The molecule has 1 N–H and O–H groups in total. The van der Waals surface area contributed by atoms with Crippen molar-refractivity contribution in [1.82, 2.24) is 0 Å². The molecule has 0 aromatic heterocycles. The molecule has 0 aliphatic heterocycles. The Hall–Kier alpha value is -2.55. The van der Waals surface area contributed by atoms with E-state index in [0.717, 1.165) is 22.6 Å². The molecule has 3 heteroatoms. The number of hydrogen-bond donors (Lipinski definition) is 1. The van der Waals surface area contributed by atoms with E-state index in [4.69, 9.17) is 4.74 Å². The molecule has 0 saturated carbocycles. The Bertz CT molecular complexity index is 821. The van der Waals surface area contributed by atoms with Crippen LogP contribution in [0.2, 0.25) is 0 Å². The van der Waals surface area contributed by atoms with Gasteiger partial charge in [0.1, 0.15) is 11.3 Å². The van der Waals surface area contributed by atoms with Gasteiger partial charge < -0.3 is 9.84 Å². The van der Waals surface area contributed by atoms with E-state index >= 15 is 0 Å². The first-order valence-electron chi connectivity index (χ1n) is 7.03. The highest BCUT2D eigenvalue weighted by atomic mass is 16.5. The fraction of sp³-hybridized carbons (Fsp3) is 0.167. The highest BCUT2D eigenvalue weighted by Gasteiger charge is 2.15. The number of benzene rings is 3. The maximum atomic E-state index is 11.9. The second-order valence-electron chi connectivity index (χ2n) is 4.98. The fourth-order valence-electron chi connectivity index (χ4n) is 2.51. The Morgan fingerprint density at radius 3 is 2.57 bits per heavy atom. The molecule has 0 atom stereocenters. The lowest BCUT2D eigenvalue weighted by molar-refractivity contribution is 0.0502. The highest BCUT2D eigenvalue weighted by molar-refractivity contribution is 6.12. The Labute approximate surface area is 122 Å². The summed E-state index contributed by atoms with van der Waals surface area (Å²) in [4.78, 5) is 11.9. The minimum atomic E-state index is -0.482. The summed E-state index contributed by atoms with van der Waals surface area (Å²) < 4.78 is 5.10. The molecule has 0 spiro atoms. The average molecular weight is 280 g/mol. The van der Waals surface area contributed by atoms with Gasteiger partial charge in [-0.2, -0.15) is 0 Å². The average Bonchev–Trinajstić information content (AvgIpc) is 2.52. The van der Waals surface area contributed by atoms with Crippen molar-refractivity contribution >= 4 is 27.5 Å². The molecule has 0 heterocycles. The van der Waals surface area contributed by atoms with Crippen molar-refractivity contribution < 1.29 is 14.6 Å². The number of aromatic hydroxyl groups is 1. The molecule has 3 nitrogen and oxygen atoms in total. The summed E-state index contributed by atoms with van der Waals surface area (Å²) in [6.07, 6.45) is 0.755. The van der Waals surface area contributed by atoms with Crippen LogP contribution < -0.4 is 0 Å². The van der Waals surface area contributed by atoms with E-state index < -0.39 is 5.97 Å². The van der Waals surface area contributed by atoms with E-state index in [1.165, 1.54) is 0 Å². The van der Waals surface area contributed by atoms with Crippen LogP contribution in [-0.2, 0) is 4.74 Å². The van der Waals surface area contributed by atoms with E-state index in [1.54, 1.807) is 6.07 Å². The molecule has 0 saturated heterocycles. The van der Waals surface area contributed by atoms with Crippen molar-refractivity contribution in [3.05, 3.63) is 54.1 Å². The second-order valence-corrected chi connectivity index (χ2v) is 4.98. The van der Waals surface area contributed by atoms with Gasteiger partial charge in [0.25, 0.3) is 0 Å². The Morgan fingerprint density at radius 2 is 1.76 bits per heavy atom. The molecule has 3 aromatic carbocycles. The van der Waals surface area contributed by atoms with Gasteiger partial charge in [-0.05, 0) is 34.7 Å². The molecule has 0 amide bonds. The maximum absolute atomic E-state index is 11.9. The van der Waals surface area contributed by atoms with Crippen LogP contribution in [0.5, 0.6) is 5.75 Å². The lowest BCUT2D eigenvalue weighted by Crippen LogP contribution is -2.06. The van der Waals surface area contributed by atoms with Crippen molar-refractivity contribution in [2.75, 3.05) is 6.61 Å². The van der Waals surface area contributed by atoms with Gasteiger partial charge in [-0.3, -0.25) is 0 Å². The fourth-order valence-corrected chi connectivity index (χ4v) is 2.51. The van der Waals surface area contributed by atoms with Gasteiger partial charge >= 0.3 is 5.97 Å². The molecule has 0 aliphatic carbocycles. The first-order chi connectivity index (χ1) is 10.2. The highest BCUT2D eigenvalue weighted by Crippen LogP contribution is 2.33. The van der Waals surface area contributed by atoms with E-state index in [9.17, 15) is 9.90 Å². The molecule has 3 rings (SSSR count). The minimum Gasteiger partial charge on any atom is -0.506 e. The first kappa shape index (κ1) is 13.4. The molecular weight excluding hydrogens is 264 g/mol. The van der Waals surface area contributed by atoms with Crippen LogP contribution >= 0.6 is 0 Å². The largest absolute Gasteiger partial charge is 0.506 e. The summed E-state index contributed by atoms with van der Waals surface area (Å²) in [7, 11) is 0. The van der Waals surface area contributed by atoms with Crippen molar-refractivity contribution in [2.45, 2.75) is 13.3 Å². The third kappa shape index (κ3) is 2.31. The molecule has 106 valence electrons. The van der Waals surface area contributed by atoms with Crippen molar-refractivity contribution in [2.24, 2.45) is 0 Å². The van der Waals surface area contributed by atoms with Crippen LogP contribution in [0, 0.1) is 0 Å². The minimum absolute atomic E-state index is 0.0145. The molecular formula is C18H16O3. The lowest BCUT2D eigenvalue weighted by Gasteiger charge is -2.10. The number of carbonyl (C=O) groups is 1. The number of phenolic OH excluding ortho intramolecular Hbond substituents is 1. The Kier molecular flexibility index (Phi) is 3.48. The van der Waals surface area contributed by atoms with Gasteiger partial charge in [0.2, 0.25) is 0 Å². The summed E-state index contributed by atoms with van der Waals surface area (Å²) in [5, 5.41) is 14.1. The van der Waals surface area contributed by atoms with Crippen molar-refractivity contribution in [1.29, 1.82) is 0 Å². The number of ether oxygens (including phenoxy) is 1. The zero-order valence-corrected chi connectivity index (χ0v) is 11.8. The van der Waals surface area contributed by atoms with Gasteiger partial charge in [0.15, 0.2) is 0 Å². The Morgan fingerprint density at radius 1 is 1.00 bits per heavy atom. The van der Waals surface area contributed by atoms with Crippen LogP contribution in [0.25, 0.3) is 21.5 Å². The summed E-state index contributed by atoms with van der Waals surface area (Å²) in [5.41, 5.74) is 0.214. The van der Waals surface area contributed by atoms with Crippen LogP contribution in [0.4, 0.5) is 0 Å². The van der Waals surface area contributed by atoms with E-state index in [-0.39, 0.29) is 11.3 Å². The van der Waals surface area contributed by atoms with Crippen LogP contribution in [-0.4, -0.2) is 17.7 Å². The standard InChI is InChI=1S/C18H16O3/c1-2-11-21-18(20)16-10-9-14-13-6-4-3-5-12(13)7-8-15(14)17(16)19/h3-10,19H,2,11H2,1H3. The van der Waals surface area contributed by atoms with E-state index in [0.29, 0.717) is 12.0 Å². The molecule has 0 bridgehead atoms. The number of carbonyl (C=O) groups excluding carboxylic acids is 1. The summed E-state index contributed by atoms with van der Waals surface area (Å²) in [5.74, 6) is -0.497. The third-order valence-corrected chi connectivity index (χ3v) is 3.55. The van der Waals surface area contributed by atoms with Gasteiger partial charge in [0.05, 0.1) is 6.61 Å². The molecule has 0 aliphatic rings. The van der Waals surface area contributed by atoms with Crippen LogP contribution in [0.15, 0.2) is 48.5 Å². The predicted octanol–water partition coefficient (Wildman–Crippen LogP) is 4.27. The number of rotatable bonds is 3. The summed E-state index contributed by atoms with van der Waals surface area (Å²) >= 11 is 0. The maximum Gasteiger partial charge on any atom is 0.341 e. The second kappa shape index (κ2) is 5.44. The van der Waals surface area contributed by atoms with Gasteiger partial charge in [-0.15, -0.1) is 0 Å². The third-order valence-electron chi connectivity index (χ3n) is 3.55. The van der Waals surface area contributed by atoms with Crippen LogP contribution in [0.3, 0.4) is 0 Å². The van der Waals surface area contributed by atoms with Gasteiger partial charge in [-0.25, -0.2) is 4.79 Å². The van der Waals surface area contributed by atoms with E-state index in [2.05, 4.69) is 0 Å². The van der Waals surface area contributed by atoms with Gasteiger partial charge in [0, 0.05) is 5.39 Å². The quantitative estimate of drug-likeness (QED) is 0.576. The first-order valence-corrected chi connectivity index (χ1v) is 7.03.